The molecule has 2 N–H and O–H groups in total. The first-order valence-corrected chi connectivity index (χ1v) is 7.76. The molecule has 0 aliphatic heterocycles. The van der Waals surface area contributed by atoms with Crippen LogP contribution in [0.3, 0.4) is 0 Å². The number of rotatable bonds is 6. The summed E-state index contributed by atoms with van der Waals surface area (Å²) < 4.78 is 2.73. The highest BCUT2D eigenvalue weighted by molar-refractivity contribution is 9.10. The molecular formula is C14H20BrN5. The van der Waals surface area contributed by atoms with Crippen molar-refractivity contribution < 1.29 is 0 Å². The average Bonchev–Trinajstić information content (AvgIpc) is 2.91. The molecule has 1 aromatic heterocycles. The summed E-state index contributed by atoms with van der Waals surface area (Å²) in [6.45, 7) is 4.35. The molecule has 0 radical (unpaired) electrons. The maximum absolute atomic E-state index is 5.93. The van der Waals surface area contributed by atoms with Crippen LogP contribution in [0.2, 0.25) is 0 Å². The van der Waals surface area contributed by atoms with Crippen LogP contribution in [0.5, 0.6) is 0 Å². The maximum atomic E-state index is 5.93. The van der Waals surface area contributed by atoms with Crippen LogP contribution in [-0.4, -0.2) is 20.2 Å². The van der Waals surface area contributed by atoms with E-state index in [2.05, 4.69) is 45.3 Å². The Kier molecular flexibility index (Phi) is 5.11. The van der Waals surface area contributed by atoms with E-state index >= 15 is 0 Å². The number of aromatic nitrogens is 4. The van der Waals surface area contributed by atoms with Crippen LogP contribution in [0.1, 0.15) is 45.6 Å². The number of hydrogen-bond donors (Lipinski definition) is 1. The fraction of sp³-hybridized carbons (Fsp3) is 0.500. The van der Waals surface area contributed by atoms with Gasteiger partial charge in [0.15, 0.2) is 5.82 Å². The molecule has 5 nitrogen and oxygen atoms in total. The Morgan fingerprint density at radius 3 is 2.90 bits per heavy atom. The summed E-state index contributed by atoms with van der Waals surface area (Å²) >= 11 is 3.51. The van der Waals surface area contributed by atoms with E-state index in [1.54, 1.807) is 0 Å². The van der Waals surface area contributed by atoms with Crippen LogP contribution in [0, 0.1) is 0 Å². The Hall–Kier alpha value is -1.43. The van der Waals surface area contributed by atoms with E-state index < -0.39 is 0 Å². The summed E-state index contributed by atoms with van der Waals surface area (Å²) in [4.78, 5) is 0. The molecule has 0 fully saturated rings. The van der Waals surface area contributed by atoms with Crippen molar-refractivity contribution in [2.45, 2.75) is 45.6 Å². The molecule has 2 aromatic rings. The monoisotopic (exact) mass is 337 g/mol. The van der Waals surface area contributed by atoms with Crippen LogP contribution in [0.15, 0.2) is 22.7 Å². The second kappa shape index (κ2) is 6.83. The molecule has 20 heavy (non-hydrogen) atoms. The number of nitrogens with two attached hydrogens (primary N) is 1. The fourth-order valence-corrected chi connectivity index (χ4v) is 2.64. The number of unbranched alkanes of at least 4 members (excludes halogenated alkanes) is 2. The molecule has 0 saturated heterocycles. The Balaban J connectivity index is 2.26. The van der Waals surface area contributed by atoms with Crippen LogP contribution >= 0.6 is 15.9 Å². The van der Waals surface area contributed by atoms with E-state index in [9.17, 15) is 0 Å². The van der Waals surface area contributed by atoms with Crippen molar-refractivity contribution in [1.82, 2.24) is 20.2 Å². The second-order valence-electron chi connectivity index (χ2n) is 5.00. The predicted octanol–water partition coefficient (Wildman–Crippen LogP) is 3.83. The van der Waals surface area contributed by atoms with Gasteiger partial charge in [0.2, 0.25) is 0 Å². The molecule has 1 aromatic carbocycles. The smallest absolute Gasteiger partial charge is 0.183 e. The molecule has 0 aliphatic rings. The first-order valence-electron chi connectivity index (χ1n) is 6.97. The number of anilines is 1. The summed E-state index contributed by atoms with van der Waals surface area (Å²) in [5.74, 6) is 0.758. The van der Waals surface area contributed by atoms with Crippen LogP contribution in [0.4, 0.5) is 5.69 Å². The first-order chi connectivity index (χ1) is 9.65. The van der Waals surface area contributed by atoms with E-state index in [-0.39, 0.29) is 6.04 Å². The summed E-state index contributed by atoms with van der Waals surface area (Å²) in [6, 6.07) is 6.02. The van der Waals surface area contributed by atoms with Crippen LogP contribution in [-0.2, 0) is 0 Å². The van der Waals surface area contributed by atoms with Gasteiger partial charge in [-0.15, -0.1) is 5.10 Å². The van der Waals surface area contributed by atoms with Crippen molar-refractivity contribution in [2.75, 3.05) is 5.73 Å². The van der Waals surface area contributed by atoms with Crippen molar-refractivity contribution >= 4 is 21.6 Å². The lowest BCUT2D eigenvalue weighted by molar-refractivity contribution is 0.432. The number of benzene rings is 1. The average molecular weight is 338 g/mol. The minimum atomic E-state index is 0.278. The predicted molar refractivity (Wildman–Crippen MR) is 84.2 cm³/mol. The van der Waals surface area contributed by atoms with Gasteiger partial charge in [0.1, 0.15) is 0 Å². The topological polar surface area (TPSA) is 69.6 Å². The zero-order valence-corrected chi connectivity index (χ0v) is 13.5. The van der Waals surface area contributed by atoms with Crippen molar-refractivity contribution in [3.8, 4) is 11.4 Å². The Labute approximate surface area is 127 Å². The molecule has 2 rings (SSSR count). The lowest BCUT2D eigenvalue weighted by Gasteiger charge is -2.14. The highest BCUT2D eigenvalue weighted by atomic mass is 79.9. The summed E-state index contributed by atoms with van der Waals surface area (Å²) in [6.07, 6.45) is 4.72. The van der Waals surface area contributed by atoms with Gasteiger partial charge in [0, 0.05) is 11.3 Å². The SMILES string of the molecule is CCCCCC(C)n1nnnc1-c1cccc(N)c1Br. The lowest BCUT2D eigenvalue weighted by atomic mass is 10.1. The molecule has 6 heteroatoms. The maximum Gasteiger partial charge on any atom is 0.183 e. The Morgan fingerprint density at radius 1 is 1.35 bits per heavy atom. The standard InChI is InChI=1S/C14H20BrN5/c1-3-4-5-7-10(2)20-14(17-18-19-20)11-8-6-9-12(16)13(11)15/h6,8-10H,3-5,7,16H2,1-2H3. The third kappa shape index (κ3) is 3.17. The molecule has 1 heterocycles. The van der Waals surface area contributed by atoms with Crippen molar-refractivity contribution in [3.05, 3.63) is 22.7 Å². The van der Waals surface area contributed by atoms with Gasteiger partial charge < -0.3 is 5.73 Å². The van der Waals surface area contributed by atoms with Gasteiger partial charge >= 0.3 is 0 Å². The molecule has 0 aliphatic carbocycles. The summed E-state index contributed by atoms with van der Waals surface area (Å²) in [5.41, 5.74) is 7.54. The lowest BCUT2D eigenvalue weighted by Crippen LogP contribution is -2.09. The zero-order chi connectivity index (χ0) is 14.5. The van der Waals surface area contributed by atoms with Crippen molar-refractivity contribution in [1.29, 1.82) is 0 Å². The molecular weight excluding hydrogens is 318 g/mol. The van der Waals surface area contributed by atoms with Gasteiger partial charge in [0.25, 0.3) is 0 Å². The van der Waals surface area contributed by atoms with Crippen LogP contribution < -0.4 is 5.73 Å². The molecule has 108 valence electrons. The summed E-state index contributed by atoms with van der Waals surface area (Å²) in [7, 11) is 0. The first kappa shape index (κ1) is 15.0. The number of tetrazole rings is 1. The van der Waals surface area contributed by atoms with Gasteiger partial charge in [-0.25, -0.2) is 4.68 Å². The van der Waals surface area contributed by atoms with Gasteiger partial charge in [0.05, 0.1) is 10.5 Å². The van der Waals surface area contributed by atoms with Crippen LogP contribution in [0.25, 0.3) is 11.4 Å². The highest BCUT2D eigenvalue weighted by Crippen LogP contribution is 2.32. The van der Waals surface area contributed by atoms with Gasteiger partial charge in [-0.1, -0.05) is 32.3 Å². The summed E-state index contributed by atoms with van der Waals surface area (Å²) in [5, 5.41) is 12.1. The van der Waals surface area contributed by atoms with E-state index in [1.165, 1.54) is 19.3 Å². The van der Waals surface area contributed by atoms with Gasteiger partial charge in [-0.2, -0.15) is 0 Å². The molecule has 0 amide bonds. The third-order valence-corrected chi connectivity index (χ3v) is 4.29. The van der Waals surface area contributed by atoms with Crippen molar-refractivity contribution in [3.63, 3.8) is 0 Å². The third-order valence-electron chi connectivity index (χ3n) is 3.41. The number of hydrogen-bond acceptors (Lipinski definition) is 4. The molecule has 1 atom stereocenters. The molecule has 0 saturated carbocycles. The van der Waals surface area contributed by atoms with E-state index in [1.807, 2.05) is 22.9 Å². The Bertz CT molecular complexity index is 566. The molecule has 0 bridgehead atoms. The van der Waals surface area contributed by atoms with Gasteiger partial charge in [-0.05, 0) is 51.8 Å². The number of nitrogens with zero attached hydrogens (tertiary/aromatic N) is 4. The normalized spacial score (nSPS) is 12.6. The van der Waals surface area contributed by atoms with E-state index in [0.717, 1.165) is 22.3 Å². The molecule has 0 spiro atoms. The minimum Gasteiger partial charge on any atom is -0.398 e. The highest BCUT2D eigenvalue weighted by Gasteiger charge is 2.17. The quantitative estimate of drug-likeness (QED) is 0.642. The minimum absolute atomic E-state index is 0.278. The van der Waals surface area contributed by atoms with Crippen molar-refractivity contribution in [2.24, 2.45) is 0 Å². The largest absolute Gasteiger partial charge is 0.398 e. The number of halogens is 1. The van der Waals surface area contributed by atoms with E-state index in [0.29, 0.717) is 5.69 Å². The molecule has 1 unspecified atom stereocenters. The van der Waals surface area contributed by atoms with E-state index in [4.69, 9.17) is 5.73 Å². The Morgan fingerprint density at radius 2 is 2.15 bits per heavy atom. The zero-order valence-electron chi connectivity index (χ0n) is 11.9. The second-order valence-corrected chi connectivity index (χ2v) is 5.79. The number of nitrogen functional groups attached to an aromatic ring is 1. The fourth-order valence-electron chi connectivity index (χ4n) is 2.20. The van der Waals surface area contributed by atoms with Gasteiger partial charge in [-0.3, -0.25) is 0 Å².